The van der Waals surface area contributed by atoms with Crippen molar-refractivity contribution in [1.82, 2.24) is 9.80 Å². The van der Waals surface area contributed by atoms with Crippen LogP contribution < -0.4 is 5.73 Å². The van der Waals surface area contributed by atoms with E-state index in [1.807, 2.05) is 16.3 Å². The second-order valence-electron chi connectivity index (χ2n) is 5.69. The van der Waals surface area contributed by atoms with Crippen LogP contribution in [-0.2, 0) is 0 Å². The van der Waals surface area contributed by atoms with E-state index in [1.54, 1.807) is 0 Å². The minimum atomic E-state index is 0.122. The molecule has 1 aliphatic rings. The molecule has 0 atom stereocenters. The van der Waals surface area contributed by atoms with Crippen LogP contribution in [0.4, 0.5) is 0 Å². The van der Waals surface area contributed by atoms with E-state index in [4.69, 9.17) is 5.73 Å². The van der Waals surface area contributed by atoms with Crippen LogP contribution >= 0.6 is 11.3 Å². The molecular formula is C16H23N3OS. The van der Waals surface area contributed by atoms with Crippen molar-refractivity contribution in [1.29, 1.82) is 0 Å². The van der Waals surface area contributed by atoms with E-state index in [0.29, 0.717) is 12.5 Å². The molecule has 2 heterocycles. The second kappa shape index (κ2) is 7.60. The zero-order chi connectivity index (χ0) is 15.2. The Morgan fingerprint density at radius 2 is 2.10 bits per heavy atom. The predicted octanol–water partition coefficient (Wildman–Crippen LogP) is 1.47. The summed E-state index contributed by atoms with van der Waals surface area (Å²) in [5.74, 6) is 6.59. The quantitative estimate of drug-likeness (QED) is 0.861. The number of carbonyl (C=O) groups is 1. The first-order chi connectivity index (χ1) is 10.1. The van der Waals surface area contributed by atoms with Gasteiger partial charge in [0.05, 0.1) is 17.0 Å². The smallest absolute Gasteiger partial charge is 0.254 e. The van der Waals surface area contributed by atoms with E-state index in [-0.39, 0.29) is 5.91 Å². The molecule has 0 spiro atoms. The van der Waals surface area contributed by atoms with E-state index in [0.717, 1.165) is 43.2 Å². The summed E-state index contributed by atoms with van der Waals surface area (Å²) in [6, 6.07) is 1.87. The predicted molar refractivity (Wildman–Crippen MR) is 87.4 cm³/mol. The maximum Gasteiger partial charge on any atom is 0.254 e. The molecule has 21 heavy (non-hydrogen) atoms. The number of nitrogens with zero attached hydrogens (tertiary/aromatic N) is 2. The van der Waals surface area contributed by atoms with Gasteiger partial charge in [-0.05, 0) is 12.0 Å². The van der Waals surface area contributed by atoms with Gasteiger partial charge in [0.15, 0.2) is 0 Å². The molecule has 5 heteroatoms. The number of amides is 1. The van der Waals surface area contributed by atoms with Gasteiger partial charge in [0, 0.05) is 38.1 Å². The molecule has 0 aliphatic carbocycles. The van der Waals surface area contributed by atoms with Crippen LogP contribution in [0.5, 0.6) is 0 Å². The molecular weight excluding hydrogens is 282 g/mol. The molecule has 1 aromatic rings. The maximum atomic E-state index is 12.5. The fraction of sp³-hybridized carbons (Fsp3) is 0.562. The Bertz CT molecular complexity index is 533. The Kier molecular flexibility index (Phi) is 5.80. The third-order valence-corrected chi connectivity index (χ3v) is 4.29. The van der Waals surface area contributed by atoms with Gasteiger partial charge in [0.1, 0.15) is 0 Å². The highest BCUT2D eigenvalue weighted by Crippen LogP contribution is 2.17. The topological polar surface area (TPSA) is 49.6 Å². The highest BCUT2D eigenvalue weighted by atomic mass is 32.1. The summed E-state index contributed by atoms with van der Waals surface area (Å²) in [6.07, 6.45) is 0. The van der Waals surface area contributed by atoms with Gasteiger partial charge in [-0.1, -0.05) is 25.7 Å². The van der Waals surface area contributed by atoms with Gasteiger partial charge in [-0.2, -0.15) is 0 Å². The number of hydrogen-bond acceptors (Lipinski definition) is 4. The number of hydrogen-bond donors (Lipinski definition) is 1. The third kappa shape index (κ3) is 4.57. The molecule has 0 aromatic carbocycles. The summed E-state index contributed by atoms with van der Waals surface area (Å²) in [4.78, 5) is 17.7. The van der Waals surface area contributed by atoms with E-state index >= 15 is 0 Å². The largest absolute Gasteiger partial charge is 0.336 e. The molecule has 0 unspecified atom stereocenters. The van der Waals surface area contributed by atoms with Gasteiger partial charge in [-0.15, -0.1) is 11.3 Å². The summed E-state index contributed by atoms with van der Waals surface area (Å²) in [5, 5.41) is 1.89. The zero-order valence-electron chi connectivity index (χ0n) is 12.8. The molecule has 0 bridgehead atoms. The van der Waals surface area contributed by atoms with Crippen molar-refractivity contribution in [2.45, 2.75) is 13.8 Å². The fourth-order valence-electron chi connectivity index (χ4n) is 2.48. The van der Waals surface area contributed by atoms with Crippen molar-refractivity contribution in [2.24, 2.45) is 11.7 Å². The Hall–Kier alpha value is -1.35. The molecule has 4 nitrogen and oxygen atoms in total. The lowest BCUT2D eigenvalue weighted by molar-refractivity contribution is 0.0624. The molecule has 1 aliphatic heterocycles. The summed E-state index contributed by atoms with van der Waals surface area (Å²) in [6.45, 7) is 9.47. The van der Waals surface area contributed by atoms with Crippen LogP contribution in [0, 0.1) is 17.8 Å². The van der Waals surface area contributed by atoms with Gasteiger partial charge in [-0.3, -0.25) is 9.69 Å². The van der Waals surface area contributed by atoms with Crippen molar-refractivity contribution < 1.29 is 4.79 Å². The lowest BCUT2D eigenvalue weighted by atomic mass is 10.2. The summed E-state index contributed by atoms with van der Waals surface area (Å²) in [7, 11) is 0. The van der Waals surface area contributed by atoms with Crippen LogP contribution in [0.25, 0.3) is 0 Å². The van der Waals surface area contributed by atoms with Crippen LogP contribution in [0.2, 0.25) is 0 Å². The lowest BCUT2D eigenvalue weighted by Crippen LogP contribution is -2.49. The van der Waals surface area contributed by atoms with Crippen LogP contribution in [0.3, 0.4) is 0 Å². The number of nitrogens with two attached hydrogens (primary N) is 1. The first-order valence-corrected chi connectivity index (χ1v) is 8.27. The van der Waals surface area contributed by atoms with Gasteiger partial charge < -0.3 is 10.6 Å². The van der Waals surface area contributed by atoms with E-state index in [9.17, 15) is 4.79 Å². The van der Waals surface area contributed by atoms with Gasteiger partial charge in [0.25, 0.3) is 5.91 Å². The molecule has 2 N–H and O–H groups in total. The summed E-state index contributed by atoms with van der Waals surface area (Å²) < 4.78 is 0. The van der Waals surface area contributed by atoms with Crippen LogP contribution in [0.1, 0.15) is 29.1 Å². The third-order valence-electron chi connectivity index (χ3n) is 3.44. The van der Waals surface area contributed by atoms with E-state index < -0.39 is 0 Å². The van der Waals surface area contributed by atoms with Crippen molar-refractivity contribution in [3.63, 3.8) is 0 Å². The average molecular weight is 305 g/mol. The average Bonchev–Trinajstić information content (AvgIpc) is 2.93. The molecule has 1 aromatic heterocycles. The second-order valence-corrected chi connectivity index (χ2v) is 6.60. The molecule has 1 fully saturated rings. The normalized spacial score (nSPS) is 15.9. The number of carbonyl (C=O) groups excluding carboxylic acids is 1. The van der Waals surface area contributed by atoms with E-state index in [2.05, 4.69) is 30.6 Å². The molecule has 1 amide bonds. The van der Waals surface area contributed by atoms with Gasteiger partial charge in [-0.25, -0.2) is 0 Å². The fourth-order valence-corrected chi connectivity index (χ4v) is 3.23. The minimum absolute atomic E-state index is 0.122. The van der Waals surface area contributed by atoms with Crippen LogP contribution in [0.15, 0.2) is 11.4 Å². The SMILES string of the molecule is CC(C)CN1CCN(C(=O)c2csc(C#CCN)c2)CC1. The first-order valence-electron chi connectivity index (χ1n) is 7.39. The number of thiophene rings is 1. The molecule has 0 radical (unpaired) electrons. The minimum Gasteiger partial charge on any atom is -0.336 e. The number of rotatable bonds is 3. The van der Waals surface area contributed by atoms with Gasteiger partial charge >= 0.3 is 0 Å². The monoisotopic (exact) mass is 305 g/mol. The van der Waals surface area contributed by atoms with Crippen LogP contribution in [-0.4, -0.2) is 55.0 Å². The van der Waals surface area contributed by atoms with Crippen molar-refractivity contribution in [3.8, 4) is 11.8 Å². The molecule has 1 saturated heterocycles. The van der Waals surface area contributed by atoms with Crippen molar-refractivity contribution in [2.75, 3.05) is 39.3 Å². The highest BCUT2D eigenvalue weighted by Gasteiger charge is 2.22. The Balaban J connectivity index is 1.91. The molecule has 2 rings (SSSR count). The highest BCUT2D eigenvalue weighted by molar-refractivity contribution is 7.10. The van der Waals surface area contributed by atoms with E-state index in [1.165, 1.54) is 11.3 Å². The number of piperazine rings is 1. The standard InChI is InChI=1S/C16H23N3OS/c1-13(2)11-18-6-8-19(9-7-18)16(20)14-10-15(21-12-14)4-3-5-17/h10,12-13H,5-9,11,17H2,1-2H3. The maximum absolute atomic E-state index is 12.5. The lowest BCUT2D eigenvalue weighted by Gasteiger charge is -2.35. The van der Waals surface area contributed by atoms with Crippen molar-refractivity contribution in [3.05, 3.63) is 21.9 Å². The zero-order valence-corrected chi connectivity index (χ0v) is 13.6. The first kappa shape index (κ1) is 16.0. The molecule has 114 valence electrons. The summed E-state index contributed by atoms with van der Waals surface area (Å²) >= 11 is 1.50. The molecule has 0 saturated carbocycles. The van der Waals surface area contributed by atoms with Crippen molar-refractivity contribution >= 4 is 17.2 Å². The Labute approximate surface area is 130 Å². The summed E-state index contributed by atoms with van der Waals surface area (Å²) in [5.41, 5.74) is 6.11. The Morgan fingerprint density at radius 3 is 2.71 bits per heavy atom. The van der Waals surface area contributed by atoms with Gasteiger partial charge in [0.2, 0.25) is 0 Å². The Morgan fingerprint density at radius 1 is 1.38 bits per heavy atom.